The highest BCUT2D eigenvalue weighted by atomic mass is 16.5. The molecule has 0 radical (unpaired) electrons. The van der Waals surface area contributed by atoms with Crippen LogP contribution in [0.25, 0.3) is 0 Å². The van der Waals surface area contributed by atoms with Crippen LogP contribution < -0.4 is 4.74 Å². The van der Waals surface area contributed by atoms with E-state index in [0.717, 1.165) is 24.8 Å². The highest BCUT2D eigenvalue weighted by Crippen LogP contribution is 2.71. The molecule has 4 aliphatic carbocycles. The quantitative estimate of drug-likeness (QED) is 0.729. The molecule has 1 aromatic rings. The van der Waals surface area contributed by atoms with E-state index in [-0.39, 0.29) is 40.8 Å². The van der Waals surface area contributed by atoms with Crippen LogP contribution in [0.15, 0.2) is 48.3 Å². The number of Topliss-reactive ketones (excluding diaryl/α,β-unsaturated/α-hetero) is 1. The van der Waals surface area contributed by atoms with Crippen molar-refractivity contribution < 1.29 is 19.4 Å². The van der Waals surface area contributed by atoms with E-state index >= 15 is 0 Å². The van der Waals surface area contributed by atoms with Crippen LogP contribution in [0.5, 0.6) is 5.75 Å². The molecule has 0 aliphatic heterocycles. The van der Waals surface area contributed by atoms with Crippen molar-refractivity contribution in [1.82, 2.24) is 4.98 Å². The fraction of sp³-hybridized carbons (Fsp3) is 0.607. The van der Waals surface area contributed by atoms with Crippen LogP contribution in [0, 0.1) is 39.9 Å². The summed E-state index contributed by atoms with van der Waals surface area (Å²) in [5, 5.41) is 11.6. The molecule has 8 atom stereocenters. The molecule has 0 aromatic carbocycles. The van der Waals surface area contributed by atoms with Crippen LogP contribution in [-0.4, -0.2) is 34.4 Å². The zero-order chi connectivity index (χ0) is 23.6. The number of aromatic nitrogens is 1. The van der Waals surface area contributed by atoms with Gasteiger partial charge in [-0.3, -0.25) is 14.6 Å². The number of carbonyl (C=O) groups is 2. The first-order valence-corrected chi connectivity index (χ1v) is 12.3. The molecule has 33 heavy (non-hydrogen) atoms. The fourth-order valence-electron chi connectivity index (χ4n) is 8.21. The molecular weight excluding hydrogens is 414 g/mol. The summed E-state index contributed by atoms with van der Waals surface area (Å²) in [5.74, 6) is 1.74. The number of ether oxygens (including phenoxy) is 1. The molecule has 0 amide bonds. The minimum atomic E-state index is -0.568. The molecule has 3 fully saturated rings. The number of nitrogens with zero attached hydrogens (tertiary/aromatic N) is 1. The van der Waals surface area contributed by atoms with Gasteiger partial charge in [0.2, 0.25) is 0 Å². The first-order chi connectivity index (χ1) is 15.6. The van der Waals surface area contributed by atoms with E-state index in [0.29, 0.717) is 24.0 Å². The van der Waals surface area contributed by atoms with Gasteiger partial charge in [-0.15, -0.1) is 0 Å². The Morgan fingerprint density at radius 2 is 2.09 bits per heavy atom. The molecule has 1 aromatic heterocycles. The van der Waals surface area contributed by atoms with Gasteiger partial charge < -0.3 is 9.84 Å². The number of aliphatic hydroxyl groups excluding tert-OH is 1. The normalized spacial score (nSPS) is 43.8. The molecule has 1 heterocycles. The second-order valence-electron chi connectivity index (χ2n) is 11.5. The molecule has 4 aliphatic rings. The Morgan fingerprint density at radius 1 is 1.30 bits per heavy atom. The monoisotopic (exact) mass is 449 g/mol. The van der Waals surface area contributed by atoms with Gasteiger partial charge >= 0.3 is 0 Å². The first kappa shape index (κ1) is 22.5. The summed E-state index contributed by atoms with van der Waals surface area (Å²) in [6.07, 6.45) is 11.7. The van der Waals surface area contributed by atoms with Crippen LogP contribution in [0.3, 0.4) is 0 Å². The highest BCUT2D eigenvalue weighted by Gasteiger charge is 2.68. The summed E-state index contributed by atoms with van der Waals surface area (Å²) in [6.45, 7) is 8.75. The molecule has 0 spiro atoms. The number of hydrogen-bond acceptors (Lipinski definition) is 5. The molecule has 3 saturated carbocycles. The standard InChI is InChI=1S/C28H35NO4/c1-17-12-22-21-8-7-18-13-19(30)9-10-26(18,2)25(21)23(31)14-27(22,3)28(17,4)24(32)16-33-20-6-5-11-29-15-20/h5-6,9-11,13,15,17,21-23,25,31H,7-8,12,14,16H2,1-4H3/t17-,21?,22?,23+,25?,26?,27?,28-/m1/s1. The van der Waals surface area contributed by atoms with Gasteiger partial charge in [0.1, 0.15) is 12.4 Å². The second-order valence-corrected chi connectivity index (χ2v) is 11.5. The largest absolute Gasteiger partial charge is 0.484 e. The Labute approximate surface area is 196 Å². The molecule has 5 nitrogen and oxygen atoms in total. The third-order valence-electron chi connectivity index (χ3n) is 10.2. The Kier molecular flexibility index (Phi) is 5.20. The molecule has 0 saturated heterocycles. The predicted octanol–water partition coefficient (Wildman–Crippen LogP) is 4.56. The average Bonchev–Trinajstić information content (AvgIpc) is 2.99. The minimum Gasteiger partial charge on any atom is -0.484 e. The van der Waals surface area contributed by atoms with Crippen molar-refractivity contribution in [3.63, 3.8) is 0 Å². The number of rotatable bonds is 4. The van der Waals surface area contributed by atoms with Gasteiger partial charge in [-0.25, -0.2) is 0 Å². The Bertz CT molecular complexity index is 1030. The predicted molar refractivity (Wildman–Crippen MR) is 125 cm³/mol. The van der Waals surface area contributed by atoms with E-state index in [4.69, 9.17) is 4.74 Å². The lowest BCUT2D eigenvalue weighted by atomic mass is 9.44. The van der Waals surface area contributed by atoms with Gasteiger partial charge in [-0.05, 0) is 73.1 Å². The van der Waals surface area contributed by atoms with E-state index < -0.39 is 11.5 Å². The minimum absolute atomic E-state index is 0.0223. The summed E-state index contributed by atoms with van der Waals surface area (Å²) in [7, 11) is 0. The van der Waals surface area contributed by atoms with Crippen molar-refractivity contribution in [3.05, 3.63) is 48.3 Å². The topological polar surface area (TPSA) is 76.5 Å². The number of ketones is 2. The summed E-state index contributed by atoms with van der Waals surface area (Å²) >= 11 is 0. The Hall–Kier alpha value is -2.27. The lowest BCUT2D eigenvalue weighted by Crippen LogP contribution is -2.59. The second kappa shape index (κ2) is 7.63. The zero-order valence-electron chi connectivity index (χ0n) is 20.1. The fourth-order valence-corrected chi connectivity index (χ4v) is 8.21. The molecule has 0 bridgehead atoms. The van der Waals surface area contributed by atoms with Crippen LogP contribution >= 0.6 is 0 Å². The van der Waals surface area contributed by atoms with Crippen molar-refractivity contribution in [2.45, 2.75) is 59.5 Å². The molecule has 1 N–H and O–H groups in total. The molecule has 5 rings (SSSR count). The van der Waals surface area contributed by atoms with Gasteiger partial charge in [0.05, 0.1) is 12.3 Å². The molecule has 176 valence electrons. The number of carbonyl (C=O) groups excluding carboxylic acids is 2. The van der Waals surface area contributed by atoms with Gasteiger partial charge in [-0.1, -0.05) is 39.3 Å². The summed E-state index contributed by atoms with van der Waals surface area (Å²) < 4.78 is 5.83. The molecular formula is C28H35NO4. The maximum Gasteiger partial charge on any atom is 0.178 e. The van der Waals surface area contributed by atoms with E-state index in [2.05, 4.69) is 32.7 Å². The van der Waals surface area contributed by atoms with Gasteiger partial charge in [-0.2, -0.15) is 0 Å². The highest BCUT2D eigenvalue weighted by molar-refractivity contribution is 6.01. The third-order valence-corrected chi connectivity index (χ3v) is 10.2. The van der Waals surface area contributed by atoms with Crippen LogP contribution in [-0.2, 0) is 9.59 Å². The van der Waals surface area contributed by atoms with Crippen molar-refractivity contribution in [2.24, 2.45) is 39.9 Å². The lowest BCUT2D eigenvalue weighted by molar-refractivity contribution is -0.157. The number of allylic oxidation sites excluding steroid dienone is 4. The third kappa shape index (κ3) is 3.11. The average molecular weight is 450 g/mol. The van der Waals surface area contributed by atoms with E-state index in [9.17, 15) is 14.7 Å². The summed E-state index contributed by atoms with van der Waals surface area (Å²) in [5.41, 5.74) is 0.0106. The van der Waals surface area contributed by atoms with Crippen LogP contribution in [0.2, 0.25) is 0 Å². The molecule has 5 unspecified atom stereocenters. The maximum absolute atomic E-state index is 13.7. The maximum atomic E-state index is 13.7. The number of fused-ring (bicyclic) bond motifs is 5. The van der Waals surface area contributed by atoms with E-state index in [1.807, 2.05) is 12.1 Å². The van der Waals surface area contributed by atoms with Crippen molar-refractivity contribution in [1.29, 1.82) is 0 Å². The SMILES string of the molecule is C[C@@H]1CC2C3CCC4=CC(=O)C=CC4(C)C3[C@@H](O)CC2(C)[C@@]1(C)C(=O)COc1cccnc1. The smallest absolute Gasteiger partial charge is 0.178 e. The van der Waals surface area contributed by atoms with Gasteiger partial charge in [0, 0.05) is 22.9 Å². The van der Waals surface area contributed by atoms with Crippen molar-refractivity contribution >= 4 is 11.6 Å². The summed E-state index contributed by atoms with van der Waals surface area (Å²) in [4.78, 5) is 29.8. The van der Waals surface area contributed by atoms with E-state index in [1.54, 1.807) is 30.6 Å². The zero-order valence-corrected chi connectivity index (χ0v) is 20.1. The molecule has 5 heteroatoms. The van der Waals surface area contributed by atoms with Gasteiger partial charge in [0.15, 0.2) is 11.6 Å². The number of hydrogen-bond donors (Lipinski definition) is 1. The van der Waals surface area contributed by atoms with Crippen LogP contribution in [0.1, 0.15) is 53.4 Å². The summed E-state index contributed by atoms with van der Waals surface area (Å²) in [6, 6.07) is 3.62. The number of aliphatic hydroxyl groups is 1. The lowest BCUT2D eigenvalue weighted by Gasteiger charge is -2.60. The first-order valence-electron chi connectivity index (χ1n) is 12.3. The number of pyridine rings is 1. The Morgan fingerprint density at radius 3 is 2.82 bits per heavy atom. The Balaban J connectivity index is 1.45. The van der Waals surface area contributed by atoms with Crippen LogP contribution in [0.4, 0.5) is 0 Å². The van der Waals surface area contributed by atoms with Crippen molar-refractivity contribution in [2.75, 3.05) is 6.61 Å². The van der Waals surface area contributed by atoms with Gasteiger partial charge in [0.25, 0.3) is 0 Å². The van der Waals surface area contributed by atoms with Crippen molar-refractivity contribution in [3.8, 4) is 5.75 Å². The van der Waals surface area contributed by atoms with E-state index in [1.165, 1.54) is 0 Å².